The van der Waals surface area contributed by atoms with Crippen molar-refractivity contribution in [2.24, 2.45) is 0 Å². The molecule has 1 aliphatic heterocycles. The van der Waals surface area contributed by atoms with Crippen molar-refractivity contribution in [3.63, 3.8) is 0 Å². The minimum Gasteiger partial charge on any atom is -0.454 e. The Balaban J connectivity index is 1.77. The van der Waals surface area contributed by atoms with E-state index >= 15 is 0 Å². The van der Waals surface area contributed by atoms with Gasteiger partial charge in [-0.1, -0.05) is 17.7 Å². The number of halogens is 1. The summed E-state index contributed by atoms with van der Waals surface area (Å²) in [7, 11) is 0. The Bertz CT molecular complexity index is 695. The van der Waals surface area contributed by atoms with Crippen molar-refractivity contribution in [2.75, 3.05) is 12.1 Å². The number of nitrogens with zero attached hydrogens (tertiary/aromatic N) is 1. The summed E-state index contributed by atoms with van der Waals surface area (Å²) < 4.78 is 10.6. The van der Waals surface area contributed by atoms with Crippen molar-refractivity contribution in [1.29, 1.82) is 5.26 Å². The maximum atomic E-state index is 9.06. The van der Waals surface area contributed by atoms with Gasteiger partial charge in [0.15, 0.2) is 11.5 Å². The number of hydrogen-bond donors (Lipinski definition) is 1. The van der Waals surface area contributed by atoms with Gasteiger partial charge in [-0.25, -0.2) is 0 Å². The third-order valence-corrected chi connectivity index (χ3v) is 3.26. The molecule has 2 aromatic carbocycles. The smallest absolute Gasteiger partial charge is 0.231 e. The number of anilines is 1. The second kappa shape index (κ2) is 5.32. The number of nitriles is 1. The van der Waals surface area contributed by atoms with E-state index in [0.29, 0.717) is 17.1 Å². The number of ether oxygens (including phenoxy) is 2. The molecular weight excluding hydrogens is 276 g/mol. The van der Waals surface area contributed by atoms with Crippen LogP contribution in [-0.4, -0.2) is 6.79 Å². The highest BCUT2D eigenvalue weighted by molar-refractivity contribution is 6.30. The van der Waals surface area contributed by atoms with E-state index < -0.39 is 0 Å². The van der Waals surface area contributed by atoms with Gasteiger partial charge in [0.05, 0.1) is 11.3 Å². The molecule has 2 aromatic rings. The van der Waals surface area contributed by atoms with E-state index in [0.717, 1.165) is 22.7 Å². The normalized spacial score (nSPS) is 12.0. The van der Waals surface area contributed by atoms with Crippen LogP contribution in [0.25, 0.3) is 0 Å². The SMILES string of the molecule is N#Cc1ccc(Cl)cc1NCc1ccc2c(c1)OCO2. The van der Waals surface area contributed by atoms with Crippen LogP contribution in [0.1, 0.15) is 11.1 Å². The maximum Gasteiger partial charge on any atom is 0.231 e. The lowest BCUT2D eigenvalue weighted by Crippen LogP contribution is -2.01. The molecule has 0 unspecified atom stereocenters. The molecule has 1 N–H and O–H groups in total. The second-order valence-corrected chi connectivity index (χ2v) is 4.78. The van der Waals surface area contributed by atoms with Crippen LogP contribution in [0.5, 0.6) is 11.5 Å². The summed E-state index contributed by atoms with van der Waals surface area (Å²) in [6.45, 7) is 0.838. The monoisotopic (exact) mass is 286 g/mol. The topological polar surface area (TPSA) is 54.3 Å². The molecule has 5 heteroatoms. The number of fused-ring (bicyclic) bond motifs is 1. The van der Waals surface area contributed by atoms with Crippen LogP contribution in [0.3, 0.4) is 0 Å². The van der Waals surface area contributed by atoms with Crippen molar-refractivity contribution in [3.05, 3.63) is 52.5 Å². The average Bonchev–Trinajstić information content (AvgIpc) is 2.92. The van der Waals surface area contributed by atoms with E-state index in [4.69, 9.17) is 26.3 Å². The largest absolute Gasteiger partial charge is 0.454 e. The molecule has 3 rings (SSSR count). The van der Waals surface area contributed by atoms with Crippen molar-refractivity contribution in [1.82, 2.24) is 0 Å². The summed E-state index contributed by atoms with van der Waals surface area (Å²) in [5.74, 6) is 1.50. The molecule has 100 valence electrons. The fourth-order valence-electron chi connectivity index (χ4n) is 2.01. The van der Waals surface area contributed by atoms with Gasteiger partial charge in [0.2, 0.25) is 6.79 Å². The highest BCUT2D eigenvalue weighted by Gasteiger charge is 2.13. The second-order valence-electron chi connectivity index (χ2n) is 4.34. The van der Waals surface area contributed by atoms with Crippen molar-refractivity contribution in [2.45, 2.75) is 6.54 Å². The third-order valence-electron chi connectivity index (χ3n) is 3.02. The number of benzene rings is 2. The van der Waals surface area contributed by atoms with Gasteiger partial charge < -0.3 is 14.8 Å². The number of hydrogen-bond acceptors (Lipinski definition) is 4. The molecule has 0 saturated carbocycles. The van der Waals surface area contributed by atoms with Gasteiger partial charge in [-0.15, -0.1) is 0 Å². The first-order chi connectivity index (χ1) is 9.76. The van der Waals surface area contributed by atoms with E-state index in [-0.39, 0.29) is 6.79 Å². The highest BCUT2D eigenvalue weighted by Crippen LogP contribution is 2.32. The molecule has 0 spiro atoms. The molecule has 0 fully saturated rings. The molecule has 0 amide bonds. The first-order valence-electron chi connectivity index (χ1n) is 6.08. The Morgan fingerprint density at radius 1 is 1.15 bits per heavy atom. The third kappa shape index (κ3) is 2.49. The van der Waals surface area contributed by atoms with Gasteiger partial charge in [-0.3, -0.25) is 0 Å². The fourth-order valence-corrected chi connectivity index (χ4v) is 2.18. The molecule has 4 nitrogen and oxygen atoms in total. The Morgan fingerprint density at radius 2 is 2.00 bits per heavy atom. The van der Waals surface area contributed by atoms with Gasteiger partial charge in [0.1, 0.15) is 6.07 Å². The van der Waals surface area contributed by atoms with Gasteiger partial charge in [-0.2, -0.15) is 5.26 Å². The minimum atomic E-state index is 0.263. The lowest BCUT2D eigenvalue weighted by Gasteiger charge is -2.09. The maximum absolute atomic E-state index is 9.06. The van der Waals surface area contributed by atoms with Crippen LogP contribution < -0.4 is 14.8 Å². The standard InChI is InChI=1S/C15H11ClN2O2/c16-12-3-2-11(7-17)13(6-12)18-8-10-1-4-14-15(5-10)20-9-19-14/h1-6,18H,8-9H2. The van der Waals surface area contributed by atoms with E-state index in [1.807, 2.05) is 18.2 Å². The first kappa shape index (κ1) is 12.6. The first-order valence-corrected chi connectivity index (χ1v) is 6.46. The molecule has 0 aromatic heterocycles. The number of rotatable bonds is 3. The van der Waals surface area contributed by atoms with Gasteiger partial charge >= 0.3 is 0 Å². The quantitative estimate of drug-likeness (QED) is 0.937. The molecule has 0 saturated heterocycles. The average molecular weight is 287 g/mol. The van der Waals surface area contributed by atoms with E-state index in [1.54, 1.807) is 18.2 Å². The Kier molecular flexibility index (Phi) is 3.36. The van der Waals surface area contributed by atoms with Gasteiger partial charge in [-0.05, 0) is 35.9 Å². The summed E-state index contributed by atoms with van der Waals surface area (Å²) in [6.07, 6.45) is 0. The molecule has 0 atom stereocenters. The van der Waals surface area contributed by atoms with E-state index in [2.05, 4.69) is 11.4 Å². The summed E-state index contributed by atoms with van der Waals surface area (Å²) in [5, 5.41) is 12.9. The summed E-state index contributed by atoms with van der Waals surface area (Å²) in [6, 6.07) is 13.0. The zero-order chi connectivity index (χ0) is 13.9. The van der Waals surface area contributed by atoms with Crippen molar-refractivity contribution >= 4 is 17.3 Å². The van der Waals surface area contributed by atoms with Crippen LogP contribution >= 0.6 is 11.6 Å². The van der Waals surface area contributed by atoms with Gasteiger partial charge in [0, 0.05) is 11.6 Å². The fraction of sp³-hybridized carbons (Fsp3) is 0.133. The molecular formula is C15H11ClN2O2. The molecule has 0 aliphatic carbocycles. The Morgan fingerprint density at radius 3 is 2.85 bits per heavy atom. The van der Waals surface area contributed by atoms with Gasteiger partial charge in [0.25, 0.3) is 0 Å². The zero-order valence-electron chi connectivity index (χ0n) is 10.5. The predicted octanol–water partition coefficient (Wildman–Crippen LogP) is 3.55. The zero-order valence-corrected chi connectivity index (χ0v) is 11.3. The molecule has 20 heavy (non-hydrogen) atoms. The van der Waals surface area contributed by atoms with E-state index in [9.17, 15) is 0 Å². The molecule has 0 bridgehead atoms. The minimum absolute atomic E-state index is 0.263. The van der Waals surface area contributed by atoms with Crippen LogP contribution in [-0.2, 0) is 6.54 Å². The summed E-state index contributed by atoms with van der Waals surface area (Å²) in [4.78, 5) is 0. The molecule has 1 heterocycles. The summed E-state index contributed by atoms with van der Waals surface area (Å²) in [5.41, 5.74) is 2.32. The summed E-state index contributed by atoms with van der Waals surface area (Å²) >= 11 is 5.95. The molecule has 0 radical (unpaired) electrons. The van der Waals surface area contributed by atoms with Crippen molar-refractivity contribution in [3.8, 4) is 17.6 Å². The Hall–Kier alpha value is -2.38. The Labute approximate surface area is 121 Å². The van der Waals surface area contributed by atoms with Crippen LogP contribution in [0.2, 0.25) is 5.02 Å². The van der Waals surface area contributed by atoms with Crippen molar-refractivity contribution < 1.29 is 9.47 Å². The predicted molar refractivity (Wildman–Crippen MR) is 76.1 cm³/mol. The highest BCUT2D eigenvalue weighted by atomic mass is 35.5. The lowest BCUT2D eigenvalue weighted by molar-refractivity contribution is 0.174. The number of nitrogens with one attached hydrogen (secondary N) is 1. The molecule has 1 aliphatic rings. The van der Waals surface area contributed by atoms with E-state index in [1.165, 1.54) is 0 Å². The van der Waals surface area contributed by atoms with Crippen LogP contribution in [0.15, 0.2) is 36.4 Å². The van der Waals surface area contributed by atoms with Crippen LogP contribution in [0, 0.1) is 11.3 Å². The van der Waals surface area contributed by atoms with Crippen LogP contribution in [0.4, 0.5) is 5.69 Å². The lowest BCUT2D eigenvalue weighted by atomic mass is 10.1.